The molecular formula is C7H11BN4O2. The Hall–Kier alpha value is -1.57. The number of rotatable bonds is 3. The lowest BCUT2D eigenvalue weighted by Gasteiger charge is -2.07. The normalized spacial score (nSPS) is 11.2. The van der Waals surface area contributed by atoms with Crippen molar-refractivity contribution in [1.29, 1.82) is 0 Å². The quantitative estimate of drug-likeness (QED) is 0.119. The minimum absolute atomic E-state index is 0.0937. The summed E-state index contributed by atoms with van der Waals surface area (Å²) in [4.78, 5) is 0. The molecule has 14 heavy (non-hydrogen) atoms. The summed E-state index contributed by atoms with van der Waals surface area (Å²) in [5, 5.41) is 21.6. The van der Waals surface area contributed by atoms with Crippen LogP contribution in [0, 0.1) is 0 Å². The molecule has 0 amide bonds. The zero-order chi connectivity index (χ0) is 10.6. The molecule has 0 radical (unpaired) electrons. The average Bonchev–Trinajstić information content (AvgIpc) is 2.18. The highest BCUT2D eigenvalue weighted by atomic mass is 16.4. The lowest BCUT2D eigenvalue weighted by atomic mass is 9.77. The summed E-state index contributed by atoms with van der Waals surface area (Å²) in [7, 11) is -1.59. The Morgan fingerprint density at radius 3 is 2.57 bits per heavy atom. The average molecular weight is 194 g/mol. The van der Waals surface area contributed by atoms with Gasteiger partial charge in [0.05, 0.1) is 0 Å². The van der Waals surface area contributed by atoms with Crippen molar-refractivity contribution in [2.75, 3.05) is 0 Å². The van der Waals surface area contributed by atoms with Crippen molar-refractivity contribution < 1.29 is 10.0 Å². The molecule has 0 saturated heterocycles. The molecule has 0 spiro atoms. The molecule has 1 rings (SSSR count). The first-order valence-corrected chi connectivity index (χ1v) is 3.91. The van der Waals surface area contributed by atoms with Gasteiger partial charge in [-0.3, -0.25) is 0 Å². The molecule has 6 nitrogen and oxygen atoms in total. The smallest absolute Gasteiger partial charge is 0.423 e. The van der Waals surface area contributed by atoms with Gasteiger partial charge in [0.2, 0.25) is 0 Å². The van der Waals surface area contributed by atoms with Crippen LogP contribution in [0.4, 0.5) is 0 Å². The van der Waals surface area contributed by atoms with Crippen LogP contribution in [0.15, 0.2) is 29.4 Å². The van der Waals surface area contributed by atoms with Gasteiger partial charge in [0, 0.05) is 5.56 Å². The summed E-state index contributed by atoms with van der Waals surface area (Å²) in [6.45, 7) is 0. The Kier molecular flexibility index (Phi) is 3.46. The van der Waals surface area contributed by atoms with Crippen LogP contribution in [0.2, 0.25) is 0 Å². The van der Waals surface area contributed by atoms with Crippen molar-refractivity contribution in [3.63, 3.8) is 0 Å². The van der Waals surface area contributed by atoms with E-state index >= 15 is 0 Å². The Morgan fingerprint density at radius 1 is 1.36 bits per heavy atom. The monoisotopic (exact) mass is 194 g/mol. The van der Waals surface area contributed by atoms with E-state index < -0.39 is 7.12 Å². The van der Waals surface area contributed by atoms with Crippen molar-refractivity contribution in [3.8, 4) is 0 Å². The van der Waals surface area contributed by atoms with E-state index in [-0.39, 0.29) is 11.3 Å². The molecule has 74 valence electrons. The highest BCUT2D eigenvalue weighted by molar-refractivity contribution is 6.60. The van der Waals surface area contributed by atoms with Crippen molar-refractivity contribution in [2.24, 2.45) is 16.7 Å². The fourth-order valence-electron chi connectivity index (χ4n) is 1.09. The molecule has 1 aromatic rings. The van der Waals surface area contributed by atoms with Crippen LogP contribution in [-0.2, 0) is 0 Å². The summed E-state index contributed by atoms with van der Waals surface area (Å²) in [5.74, 6) is 5.04. The Morgan fingerprint density at radius 2 is 2.00 bits per heavy atom. The molecule has 0 aliphatic rings. The highest BCUT2D eigenvalue weighted by Gasteiger charge is 2.16. The van der Waals surface area contributed by atoms with Gasteiger partial charge >= 0.3 is 7.12 Å². The van der Waals surface area contributed by atoms with Gasteiger partial charge in [0.25, 0.3) is 0 Å². The van der Waals surface area contributed by atoms with Crippen LogP contribution in [0.25, 0.3) is 0 Å². The van der Waals surface area contributed by atoms with E-state index in [1.165, 1.54) is 0 Å². The van der Waals surface area contributed by atoms with Gasteiger partial charge in [-0.05, 0) is 5.46 Å². The summed E-state index contributed by atoms with van der Waals surface area (Å²) in [6, 6.07) is 6.53. The van der Waals surface area contributed by atoms with Crippen molar-refractivity contribution in [3.05, 3.63) is 29.8 Å². The zero-order valence-electron chi connectivity index (χ0n) is 7.38. The van der Waals surface area contributed by atoms with Gasteiger partial charge in [-0.1, -0.05) is 24.3 Å². The van der Waals surface area contributed by atoms with Gasteiger partial charge in [-0.2, -0.15) is 0 Å². The van der Waals surface area contributed by atoms with Crippen LogP contribution in [-0.4, -0.2) is 23.0 Å². The number of hydrogen-bond donors (Lipinski definition) is 5. The summed E-state index contributed by atoms with van der Waals surface area (Å²) in [6.07, 6.45) is 0. The van der Waals surface area contributed by atoms with Crippen LogP contribution < -0.4 is 22.6 Å². The Labute approximate surface area is 81.3 Å². The number of hydrazone groups is 1. The number of amidine groups is 1. The van der Waals surface area contributed by atoms with E-state index in [2.05, 4.69) is 5.10 Å². The third kappa shape index (κ3) is 2.22. The van der Waals surface area contributed by atoms with Crippen LogP contribution in [0.5, 0.6) is 0 Å². The first kappa shape index (κ1) is 10.5. The summed E-state index contributed by atoms with van der Waals surface area (Å²) >= 11 is 0. The second-order valence-electron chi connectivity index (χ2n) is 2.59. The van der Waals surface area contributed by atoms with Crippen molar-refractivity contribution in [1.82, 2.24) is 5.53 Å². The zero-order valence-corrected chi connectivity index (χ0v) is 7.38. The molecule has 0 aromatic heterocycles. The maximum atomic E-state index is 9.01. The third-order valence-corrected chi connectivity index (χ3v) is 1.70. The minimum atomic E-state index is -1.59. The number of nitrogens with one attached hydrogen (secondary N) is 1. The molecule has 0 saturated carbocycles. The lowest BCUT2D eigenvalue weighted by Crippen LogP contribution is -2.37. The minimum Gasteiger partial charge on any atom is -0.423 e. The number of nitrogens with zero attached hydrogens (tertiary/aromatic N) is 1. The van der Waals surface area contributed by atoms with E-state index in [9.17, 15) is 0 Å². The fraction of sp³-hybridized carbons (Fsp3) is 0. The van der Waals surface area contributed by atoms with E-state index in [0.29, 0.717) is 5.56 Å². The fourth-order valence-corrected chi connectivity index (χ4v) is 1.09. The van der Waals surface area contributed by atoms with E-state index in [1.54, 1.807) is 24.3 Å². The molecule has 0 fully saturated rings. The number of nitrogens with two attached hydrogens (primary N) is 2. The Balaban J connectivity index is 3.13. The molecule has 0 unspecified atom stereocenters. The molecule has 7 heteroatoms. The van der Waals surface area contributed by atoms with Gasteiger partial charge in [0.15, 0.2) is 5.84 Å². The van der Waals surface area contributed by atoms with Gasteiger partial charge in [0.1, 0.15) is 0 Å². The molecule has 1 aromatic carbocycles. The number of hydrogen-bond acceptors (Lipinski definition) is 5. The van der Waals surface area contributed by atoms with E-state index in [0.717, 1.165) is 0 Å². The maximum Gasteiger partial charge on any atom is 0.489 e. The van der Waals surface area contributed by atoms with Gasteiger partial charge in [-0.15, -0.1) is 5.10 Å². The first-order valence-electron chi connectivity index (χ1n) is 3.91. The molecular weight excluding hydrogens is 183 g/mol. The van der Waals surface area contributed by atoms with Crippen LogP contribution in [0.3, 0.4) is 0 Å². The molecule has 0 bridgehead atoms. The third-order valence-electron chi connectivity index (χ3n) is 1.70. The molecule has 0 heterocycles. The second-order valence-corrected chi connectivity index (χ2v) is 2.59. The van der Waals surface area contributed by atoms with Crippen LogP contribution in [0.1, 0.15) is 5.56 Å². The number of hydrazine groups is 1. The maximum absolute atomic E-state index is 9.01. The van der Waals surface area contributed by atoms with Gasteiger partial charge < -0.3 is 15.8 Å². The SMILES string of the molecule is NN/N=C(\N)c1ccccc1B(O)O. The van der Waals surface area contributed by atoms with E-state index in [4.69, 9.17) is 21.6 Å². The highest BCUT2D eigenvalue weighted by Crippen LogP contribution is 1.96. The second kappa shape index (κ2) is 4.61. The molecule has 0 aliphatic carbocycles. The summed E-state index contributed by atoms with van der Waals surface area (Å²) < 4.78 is 0. The standard InChI is InChI=1S/C7H11BN4O2/c9-7(11-12-10)5-3-1-2-4-6(5)8(13)14/h1-4,12-14H,10H2,(H2,9,11). The first-order chi connectivity index (χ1) is 6.66. The Bertz CT molecular complexity index is 342. The molecule has 7 N–H and O–H groups in total. The van der Waals surface area contributed by atoms with Gasteiger partial charge in [-0.25, -0.2) is 11.4 Å². The molecule has 0 aliphatic heterocycles. The van der Waals surface area contributed by atoms with Crippen LogP contribution >= 0.6 is 0 Å². The largest absolute Gasteiger partial charge is 0.489 e. The van der Waals surface area contributed by atoms with Crippen molar-refractivity contribution in [2.45, 2.75) is 0 Å². The number of benzene rings is 1. The molecule has 0 atom stereocenters. The predicted octanol–water partition coefficient (Wildman–Crippen LogP) is -2.55. The van der Waals surface area contributed by atoms with Crippen molar-refractivity contribution >= 4 is 18.4 Å². The van der Waals surface area contributed by atoms with E-state index in [1.807, 2.05) is 5.53 Å². The summed E-state index contributed by atoms with van der Waals surface area (Å²) in [5.41, 5.74) is 8.27. The predicted molar refractivity (Wildman–Crippen MR) is 54.3 cm³/mol. The lowest BCUT2D eigenvalue weighted by molar-refractivity contribution is 0.425. The topological polar surface area (TPSA) is 117 Å².